The number of hydrogen-bond donors (Lipinski definition) is 0. The highest BCUT2D eigenvalue weighted by Gasteiger charge is 2.17. The first-order valence-electron chi connectivity index (χ1n) is 11.3. The molecule has 0 amide bonds. The number of benzene rings is 2. The molecule has 0 saturated heterocycles. The zero-order valence-electron chi connectivity index (χ0n) is 18.4. The molecule has 2 aromatic rings. The summed E-state index contributed by atoms with van der Waals surface area (Å²) in [5.41, 5.74) is 10.2. The van der Waals surface area contributed by atoms with Gasteiger partial charge in [-0.2, -0.15) is 0 Å². The van der Waals surface area contributed by atoms with Crippen molar-refractivity contribution < 1.29 is 0 Å². The predicted molar refractivity (Wildman–Crippen MR) is 127 cm³/mol. The van der Waals surface area contributed by atoms with Gasteiger partial charge in [-0.05, 0) is 70.9 Å². The molecule has 0 saturated carbocycles. The molecule has 0 heteroatoms. The van der Waals surface area contributed by atoms with Crippen LogP contribution >= 0.6 is 0 Å². The van der Waals surface area contributed by atoms with Crippen molar-refractivity contribution in [1.29, 1.82) is 0 Å². The standard InChI is InChI=1S/C29H34/c1-5-22-6-8-26(17-22)24-10-12-25(13-11-24)28-15-14-27-18-23(7-9-29(27)19-28)16-21(4)20(2)3/h6-15,18,20-21,28H,5,16-17,19H2,1-4H3. The zero-order valence-corrected chi connectivity index (χ0v) is 18.4. The second-order valence-electron chi connectivity index (χ2n) is 9.30. The second-order valence-corrected chi connectivity index (χ2v) is 9.30. The molecule has 0 aromatic heterocycles. The summed E-state index contributed by atoms with van der Waals surface area (Å²) in [4.78, 5) is 0. The van der Waals surface area contributed by atoms with E-state index in [1.165, 1.54) is 45.4 Å². The van der Waals surface area contributed by atoms with E-state index in [1.54, 1.807) is 0 Å². The summed E-state index contributed by atoms with van der Waals surface area (Å²) in [6.45, 7) is 9.25. The molecule has 0 fully saturated rings. The van der Waals surface area contributed by atoms with E-state index in [9.17, 15) is 0 Å². The van der Waals surface area contributed by atoms with Gasteiger partial charge in [0.25, 0.3) is 0 Å². The Balaban J connectivity index is 1.45. The van der Waals surface area contributed by atoms with E-state index in [2.05, 4.69) is 94.5 Å². The fourth-order valence-electron chi connectivity index (χ4n) is 4.44. The molecule has 2 unspecified atom stereocenters. The predicted octanol–water partition coefficient (Wildman–Crippen LogP) is 8.00. The van der Waals surface area contributed by atoms with Crippen LogP contribution in [0.25, 0.3) is 11.6 Å². The van der Waals surface area contributed by atoms with Crippen molar-refractivity contribution in [3.8, 4) is 0 Å². The molecule has 0 heterocycles. The Kier molecular flexibility index (Phi) is 5.90. The highest BCUT2D eigenvalue weighted by molar-refractivity contribution is 5.72. The lowest BCUT2D eigenvalue weighted by atomic mass is 9.83. The molecule has 4 rings (SSSR count). The maximum absolute atomic E-state index is 2.41. The van der Waals surface area contributed by atoms with Crippen molar-refractivity contribution in [2.75, 3.05) is 0 Å². The van der Waals surface area contributed by atoms with Crippen LogP contribution in [0.15, 0.2) is 66.3 Å². The van der Waals surface area contributed by atoms with Crippen LogP contribution in [0.2, 0.25) is 0 Å². The van der Waals surface area contributed by atoms with E-state index < -0.39 is 0 Å². The number of fused-ring (bicyclic) bond motifs is 1. The summed E-state index contributed by atoms with van der Waals surface area (Å²) in [5.74, 6) is 1.95. The minimum atomic E-state index is 0.485. The van der Waals surface area contributed by atoms with Gasteiger partial charge in [0.15, 0.2) is 0 Å². The van der Waals surface area contributed by atoms with Crippen molar-refractivity contribution in [2.24, 2.45) is 11.8 Å². The highest BCUT2D eigenvalue weighted by atomic mass is 14.2. The Labute approximate surface area is 177 Å². The SMILES string of the molecule is CCC1=CC=C(c2ccc(C3C=Cc4cc(CC(C)C(C)C)ccc4C3)cc2)C1. The molecular formula is C29H34. The van der Waals surface area contributed by atoms with Crippen LogP contribution < -0.4 is 0 Å². The molecule has 0 radical (unpaired) electrons. The first kappa shape index (κ1) is 20.0. The molecule has 0 N–H and O–H groups in total. The van der Waals surface area contributed by atoms with Crippen LogP contribution in [0.5, 0.6) is 0 Å². The fraction of sp³-hybridized carbons (Fsp3) is 0.379. The number of hydrogen-bond acceptors (Lipinski definition) is 0. The Morgan fingerprint density at radius 3 is 2.45 bits per heavy atom. The van der Waals surface area contributed by atoms with Gasteiger partial charge in [0.05, 0.1) is 0 Å². The van der Waals surface area contributed by atoms with Crippen molar-refractivity contribution in [2.45, 2.75) is 59.3 Å². The number of allylic oxidation sites excluding steroid dienone is 5. The number of rotatable bonds is 6. The van der Waals surface area contributed by atoms with Crippen molar-refractivity contribution in [3.63, 3.8) is 0 Å². The summed E-state index contributed by atoms with van der Waals surface area (Å²) in [7, 11) is 0. The van der Waals surface area contributed by atoms with Gasteiger partial charge < -0.3 is 0 Å². The molecule has 2 aliphatic rings. The summed E-state index contributed by atoms with van der Waals surface area (Å²) < 4.78 is 0. The van der Waals surface area contributed by atoms with Gasteiger partial charge >= 0.3 is 0 Å². The normalized spacial score (nSPS) is 19.1. The Morgan fingerprint density at radius 2 is 1.76 bits per heavy atom. The van der Waals surface area contributed by atoms with E-state index in [-0.39, 0.29) is 0 Å². The monoisotopic (exact) mass is 382 g/mol. The molecule has 2 aliphatic carbocycles. The van der Waals surface area contributed by atoms with Crippen LogP contribution in [-0.4, -0.2) is 0 Å². The lowest BCUT2D eigenvalue weighted by Crippen LogP contribution is -2.09. The lowest BCUT2D eigenvalue weighted by Gasteiger charge is -2.22. The van der Waals surface area contributed by atoms with E-state index in [0.717, 1.165) is 31.1 Å². The third kappa shape index (κ3) is 4.47. The van der Waals surface area contributed by atoms with Gasteiger partial charge in [-0.3, -0.25) is 0 Å². The second kappa shape index (κ2) is 8.57. The third-order valence-corrected chi connectivity index (χ3v) is 6.96. The minimum absolute atomic E-state index is 0.485. The quantitative estimate of drug-likeness (QED) is 0.475. The Hall–Kier alpha value is -2.34. The molecular weight excluding hydrogens is 348 g/mol. The summed E-state index contributed by atoms with van der Waals surface area (Å²) >= 11 is 0. The third-order valence-electron chi connectivity index (χ3n) is 6.96. The smallest absolute Gasteiger partial charge is 0.00619 e. The van der Waals surface area contributed by atoms with Gasteiger partial charge in [0, 0.05) is 5.92 Å². The first-order valence-corrected chi connectivity index (χ1v) is 11.3. The first-order chi connectivity index (χ1) is 14.0. The summed E-state index contributed by atoms with van der Waals surface area (Å²) in [6, 6.07) is 16.4. The van der Waals surface area contributed by atoms with Crippen LogP contribution in [0.1, 0.15) is 74.3 Å². The molecule has 150 valence electrons. The highest BCUT2D eigenvalue weighted by Crippen LogP contribution is 2.34. The molecule has 0 spiro atoms. The van der Waals surface area contributed by atoms with Crippen LogP contribution in [0, 0.1) is 11.8 Å². The maximum atomic E-state index is 2.41. The van der Waals surface area contributed by atoms with E-state index in [4.69, 9.17) is 0 Å². The van der Waals surface area contributed by atoms with Gasteiger partial charge in [-0.25, -0.2) is 0 Å². The Bertz CT molecular complexity index is 950. The van der Waals surface area contributed by atoms with Crippen molar-refractivity contribution in [1.82, 2.24) is 0 Å². The summed E-state index contributed by atoms with van der Waals surface area (Å²) in [6.07, 6.45) is 13.9. The van der Waals surface area contributed by atoms with Crippen molar-refractivity contribution >= 4 is 11.6 Å². The molecule has 2 aromatic carbocycles. The van der Waals surface area contributed by atoms with Crippen LogP contribution in [0.3, 0.4) is 0 Å². The average Bonchev–Trinajstić information content (AvgIpc) is 3.23. The molecule has 0 nitrogen and oxygen atoms in total. The largest absolute Gasteiger partial charge is 0.0761 e. The van der Waals surface area contributed by atoms with Gasteiger partial charge in [0.2, 0.25) is 0 Å². The summed E-state index contributed by atoms with van der Waals surface area (Å²) in [5, 5.41) is 0. The van der Waals surface area contributed by atoms with Gasteiger partial charge in [0.1, 0.15) is 0 Å². The molecule has 0 bridgehead atoms. The Morgan fingerprint density at radius 1 is 0.966 bits per heavy atom. The minimum Gasteiger partial charge on any atom is -0.0761 e. The topological polar surface area (TPSA) is 0 Å². The molecule has 0 aliphatic heterocycles. The fourth-order valence-corrected chi connectivity index (χ4v) is 4.44. The molecule has 2 atom stereocenters. The van der Waals surface area contributed by atoms with Gasteiger partial charge in [-0.1, -0.05) is 100 Å². The van der Waals surface area contributed by atoms with Gasteiger partial charge in [-0.15, -0.1) is 0 Å². The van der Waals surface area contributed by atoms with Crippen molar-refractivity contribution in [3.05, 3.63) is 94.1 Å². The van der Waals surface area contributed by atoms with E-state index >= 15 is 0 Å². The zero-order chi connectivity index (χ0) is 20.4. The molecule has 29 heavy (non-hydrogen) atoms. The van der Waals surface area contributed by atoms with Crippen LogP contribution in [0.4, 0.5) is 0 Å². The van der Waals surface area contributed by atoms with E-state index in [0.29, 0.717) is 5.92 Å². The van der Waals surface area contributed by atoms with Crippen LogP contribution in [-0.2, 0) is 12.8 Å². The van der Waals surface area contributed by atoms with E-state index in [1.807, 2.05) is 0 Å². The average molecular weight is 383 g/mol. The lowest BCUT2D eigenvalue weighted by molar-refractivity contribution is 0.417. The maximum Gasteiger partial charge on any atom is 0.00619 e.